The number of rotatable bonds is 6. The number of carbonyl (C=O) groups is 1. The fraction of sp³-hybridized carbons (Fsp3) is 0.500. The van der Waals surface area contributed by atoms with Crippen molar-refractivity contribution in [1.29, 1.82) is 0 Å². The summed E-state index contributed by atoms with van der Waals surface area (Å²) in [7, 11) is 0. The van der Waals surface area contributed by atoms with Gasteiger partial charge >= 0.3 is 5.97 Å². The molecule has 0 saturated heterocycles. The van der Waals surface area contributed by atoms with Crippen molar-refractivity contribution >= 4 is 12.0 Å². The Morgan fingerprint density at radius 3 is 2.19 bits per heavy atom. The Morgan fingerprint density at radius 2 is 1.71 bits per heavy atom. The third-order valence-electron chi connectivity index (χ3n) is 2.73. The van der Waals surface area contributed by atoms with Gasteiger partial charge in [0.05, 0.1) is 5.92 Å². The largest absolute Gasteiger partial charge is 0.461 e. The van der Waals surface area contributed by atoms with Crippen LogP contribution in [0.25, 0.3) is 6.08 Å². The molecule has 0 unspecified atom stereocenters. The lowest BCUT2D eigenvalue weighted by Crippen LogP contribution is -2.11. The molecule has 1 aromatic rings. The van der Waals surface area contributed by atoms with Crippen LogP contribution in [0.1, 0.15) is 46.2 Å². The lowest BCUT2D eigenvalue weighted by Gasteiger charge is -2.05. The Balaban J connectivity index is 0. The maximum atomic E-state index is 11.2. The molecular formula is C18H31NO2. The van der Waals surface area contributed by atoms with Gasteiger partial charge in [-0.05, 0) is 29.5 Å². The molecular weight excluding hydrogens is 262 g/mol. The predicted octanol–water partition coefficient (Wildman–Crippen LogP) is 4.90. The molecule has 0 aliphatic rings. The van der Waals surface area contributed by atoms with Gasteiger partial charge in [0, 0.05) is 0 Å². The molecule has 3 heteroatoms. The molecule has 3 nitrogen and oxygen atoms in total. The first-order valence-electron chi connectivity index (χ1n) is 6.91. The maximum absolute atomic E-state index is 11.2. The van der Waals surface area contributed by atoms with Crippen LogP contribution in [-0.2, 0) is 16.0 Å². The van der Waals surface area contributed by atoms with Gasteiger partial charge in [0.1, 0.15) is 6.61 Å². The number of benzene rings is 1. The minimum Gasteiger partial charge on any atom is -0.461 e. The highest BCUT2D eigenvalue weighted by Gasteiger charge is 2.05. The summed E-state index contributed by atoms with van der Waals surface area (Å²) in [4.78, 5) is 11.2. The zero-order chi connectivity index (χ0) is 14.3. The first kappa shape index (κ1) is 21.7. The lowest BCUT2D eigenvalue weighted by molar-refractivity contribution is -0.145. The first-order valence-corrected chi connectivity index (χ1v) is 6.91. The van der Waals surface area contributed by atoms with Crippen LogP contribution < -0.4 is 6.15 Å². The van der Waals surface area contributed by atoms with E-state index in [1.807, 2.05) is 26.0 Å². The van der Waals surface area contributed by atoms with Gasteiger partial charge in [-0.25, -0.2) is 0 Å². The van der Waals surface area contributed by atoms with Crippen LogP contribution in [0, 0.1) is 11.8 Å². The number of esters is 1. The summed E-state index contributed by atoms with van der Waals surface area (Å²) in [5, 5.41) is 0. The van der Waals surface area contributed by atoms with Gasteiger partial charge in [-0.1, -0.05) is 65.5 Å². The lowest BCUT2D eigenvalue weighted by atomic mass is 10.0. The average molecular weight is 293 g/mol. The van der Waals surface area contributed by atoms with Crippen molar-refractivity contribution in [3.05, 3.63) is 41.5 Å². The van der Waals surface area contributed by atoms with Gasteiger partial charge in [-0.15, -0.1) is 0 Å². The molecule has 0 aromatic heterocycles. The SMILES string of the molecule is C.CC(C)Cc1ccc(/C=C/COC(=O)C(C)C)cc1.N. The number of hydrogen-bond donors (Lipinski definition) is 1. The highest BCUT2D eigenvalue weighted by Crippen LogP contribution is 2.10. The molecule has 1 rings (SSSR count). The van der Waals surface area contributed by atoms with E-state index in [-0.39, 0.29) is 25.5 Å². The van der Waals surface area contributed by atoms with Crippen molar-refractivity contribution in [2.45, 2.75) is 41.5 Å². The summed E-state index contributed by atoms with van der Waals surface area (Å²) in [6.07, 6.45) is 4.96. The molecule has 0 aliphatic carbocycles. The zero-order valence-corrected chi connectivity index (χ0v) is 13.1. The molecule has 21 heavy (non-hydrogen) atoms. The molecule has 0 saturated carbocycles. The van der Waals surface area contributed by atoms with Crippen molar-refractivity contribution in [3.8, 4) is 0 Å². The molecule has 0 radical (unpaired) electrons. The van der Waals surface area contributed by atoms with Gasteiger partial charge in [0.25, 0.3) is 0 Å². The van der Waals surface area contributed by atoms with E-state index in [1.165, 1.54) is 5.56 Å². The Hall–Kier alpha value is -1.61. The molecule has 0 atom stereocenters. The highest BCUT2D eigenvalue weighted by molar-refractivity contribution is 5.71. The van der Waals surface area contributed by atoms with E-state index in [9.17, 15) is 4.79 Å². The molecule has 0 amide bonds. The second kappa shape index (κ2) is 11.1. The minimum atomic E-state index is -0.156. The summed E-state index contributed by atoms with van der Waals surface area (Å²) < 4.78 is 5.08. The van der Waals surface area contributed by atoms with Crippen LogP contribution in [-0.4, -0.2) is 12.6 Å². The van der Waals surface area contributed by atoms with Crippen LogP contribution in [0.4, 0.5) is 0 Å². The van der Waals surface area contributed by atoms with Gasteiger partial charge in [0.2, 0.25) is 0 Å². The van der Waals surface area contributed by atoms with Crippen LogP contribution in [0.15, 0.2) is 30.3 Å². The van der Waals surface area contributed by atoms with Crippen molar-refractivity contribution < 1.29 is 9.53 Å². The Morgan fingerprint density at radius 1 is 1.14 bits per heavy atom. The summed E-state index contributed by atoms with van der Waals surface area (Å²) in [5.41, 5.74) is 2.49. The molecule has 0 aliphatic heterocycles. The molecule has 3 N–H and O–H groups in total. The van der Waals surface area contributed by atoms with Crippen molar-refractivity contribution in [3.63, 3.8) is 0 Å². The smallest absolute Gasteiger partial charge is 0.308 e. The predicted molar refractivity (Wildman–Crippen MR) is 91.6 cm³/mol. The van der Waals surface area contributed by atoms with Crippen LogP contribution in [0.3, 0.4) is 0 Å². The minimum absolute atomic E-state index is 0. The van der Waals surface area contributed by atoms with Crippen LogP contribution >= 0.6 is 0 Å². The van der Waals surface area contributed by atoms with Crippen molar-refractivity contribution in [2.24, 2.45) is 11.8 Å². The maximum Gasteiger partial charge on any atom is 0.308 e. The van der Waals surface area contributed by atoms with E-state index < -0.39 is 0 Å². The number of hydrogen-bond acceptors (Lipinski definition) is 3. The zero-order valence-electron chi connectivity index (χ0n) is 13.1. The topological polar surface area (TPSA) is 61.3 Å². The van der Waals surface area contributed by atoms with Crippen molar-refractivity contribution in [1.82, 2.24) is 6.15 Å². The average Bonchev–Trinajstić information content (AvgIpc) is 2.35. The molecule has 0 fully saturated rings. The van der Waals surface area contributed by atoms with E-state index in [2.05, 4.69) is 38.1 Å². The summed E-state index contributed by atoms with van der Waals surface area (Å²) in [6, 6.07) is 8.50. The standard InChI is InChI=1S/C17H24O2.CH4.H3N/c1-13(2)12-16-9-7-15(8-10-16)6-5-11-19-17(18)14(3)4;;/h5-10,13-14H,11-12H2,1-4H3;1H4;1H3/b6-5+;;. The second-order valence-electron chi connectivity index (χ2n) is 5.53. The summed E-state index contributed by atoms with van der Waals surface area (Å²) in [5.74, 6) is 0.456. The third kappa shape index (κ3) is 9.03. The van der Waals surface area contributed by atoms with E-state index in [4.69, 9.17) is 4.74 Å². The normalized spacial score (nSPS) is 10.4. The fourth-order valence-corrected chi connectivity index (χ4v) is 1.72. The summed E-state index contributed by atoms with van der Waals surface area (Å²) >= 11 is 0. The van der Waals surface area contributed by atoms with E-state index in [0.29, 0.717) is 12.5 Å². The first-order chi connectivity index (χ1) is 8.99. The molecule has 120 valence electrons. The Labute approximate surface area is 130 Å². The van der Waals surface area contributed by atoms with Crippen LogP contribution in [0.2, 0.25) is 0 Å². The van der Waals surface area contributed by atoms with Gasteiger partial charge < -0.3 is 10.9 Å². The van der Waals surface area contributed by atoms with E-state index in [1.54, 1.807) is 0 Å². The second-order valence-corrected chi connectivity index (χ2v) is 5.53. The van der Waals surface area contributed by atoms with Gasteiger partial charge in [-0.3, -0.25) is 4.79 Å². The number of carbonyl (C=O) groups excluding carboxylic acids is 1. The summed E-state index contributed by atoms with van der Waals surface area (Å²) in [6.45, 7) is 8.44. The Kier molecular flexibility index (Phi) is 11.5. The quantitative estimate of drug-likeness (QED) is 0.759. The molecule has 0 bridgehead atoms. The van der Waals surface area contributed by atoms with Crippen LogP contribution in [0.5, 0.6) is 0 Å². The molecule has 0 heterocycles. The molecule has 0 spiro atoms. The monoisotopic (exact) mass is 293 g/mol. The van der Waals surface area contributed by atoms with Gasteiger partial charge in [-0.2, -0.15) is 0 Å². The Bertz CT molecular complexity index is 419. The van der Waals surface area contributed by atoms with E-state index >= 15 is 0 Å². The fourth-order valence-electron chi connectivity index (χ4n) is 1.72. The molecule has 1 aromatic carbocycles. The highest BCUT2D eigenvalue weighted by atomic mass is 16.5. The van der Waals surface area contributed by atoms with Crippen molar-refractivity contribution in [2.75, 3.05) is 6.61 Å². The van der Waals surface area contributed by atoms with E-state index in [0.717, 1.165) is 12.0 Å². The third-order valence-corrected chi connectivity index (χ3v) is 2.73. The number of ether oxygens (including phenoxy) is 1. The van der Waals surface area contributed by atoms with Gasteiger partial charge in [0.15, 0.2) is 0 Å².